The first-order chi connectivity index (χ1) is 8.08. The number of ketones is 1. The van der Waals surface area contributed by atoms with E-state index < -0.39 is 17.4 Å². The van der Waals surface area contributed by atoms with Gasteiger partial charge in [0.2, 0.25) is 0 Å². The zero-order valence-electron chi connectivity index (χ0n) is 8.54. The molecule has 0 radical (unpaired) electrons. The van der Waals surface area contributed by atoms with Gasteiger partial charge >= 0.3 is 0 Å². The maximum absolute atomic E-state index is 13.4. The Labute approximate surface area is 106 Å². The van der Waals surface area contributed by atoms with Gasteiger partial charge in [-0.05, 0) is 34.5 Å². The molecule has 0 saturated carbocycles. The molecule has 0 aliphatic heterocycles. The van der Waals surface area contributed by atoms with Crippen LogP contribution in [0.25, 0.3) is 0 Å². The summed E-state index contributed by atoms with van der Waals surface area (Å²) in [5, 5.41) is 3.29. The molecule has 88 valence electrons. The second-order valence-corrected chi connectivity index (χ2v) is 4.66. The van der Waals surface area contributed by atoms with Gasteiger partial charge in [-0.2, -0.15) is 11.3 Å². The van der Waals surface area contributed by atoms with Crippen LogP contribution in [0.1, 0.15) is 15.9 Å². The maximum Gasteiger partial charge on any atom is 0.170 e. The Morgan fingerprint density at radius 2 is 2.06 bits per heavy atom. The third kappa shape index (κ3) is 2.70. The molecular weight excluding hydrogens is 266 g/mol. The van der Waals surface area contributed by atoms with Gasteiger partial charge in [0.25, 0.3) is 0 Å². The molecule has 0 spiro atoms. The SMILES string of the molecule is O=C(Cc1ccsc1)c1cc(F)c(Cl)cc1F. The second-order valence-electron chi connectivity index (χ2n) is 3.48. The summed E-state index contributed by atoms with van der Waals surface area (Å²) in [7, 11) is 0. The van der Waals surface area contributed by atoms with Gasteiger partial charge in [-0.1, -0.05) is 11.6 Å². The molecule has 0 amide bonds. The zero-order chi connectivity index (χ0) is 12.4. The van der Waals surface area contributed by atoms with Gasteiger partial charge in [0.15, 0.2) is 5.78 Å². The van der Waals surface area contributed by atoms with Gasteiger partial charge in [-0.25, -0.2) is 8.78 Å². The van der Waals surface area contributed by atoms with Crippen LogP contribution in [-0.4, -0.2) is 5.78 Å². The van der Waals surface area contributed by atoms with Crippen LogP contribution in [0.4, 0.5) is 8.78 Å². The number of rotatable bonds is 3. The molecule has 0 aliphatic carbocycles. The molecule has 1 aromatic heterocycles. The van der Waals surface area contributed by atoms with Gasteiger partial charge in [0, 0.05) is 6.42 Å². The van der Waals surface area contributed by atoms with E-state index in [4.69, 9.17) is 11.6 Å². The summed E-state index contributed by atoms with van der Waals surface area (Å²) in [6.45, 7) is 0. The number of hydrogen-bond acceptors (Lipinski definition) is 2. The fourth-order valence-corrected chi connectivity index (χ4v) is 2.23. The van der Waals surface area contributed by atoms with Crippen molar-refractivity contribution in [3.8, 4) is 0 Å². The molecule has 2 rings (SSSR count). The molecule has 0 fully saturated rings. The first-order valence-electron chi connectivity index (χ1n) is 4.76. The van der Waals surface area contributed by atoms with Gasteiger partial charge in [0.05, 0.1) is 10.6 Å². The van der Waals surface area contributed by atoms with Crippen molar-refractivity contribution in [2.75, 3.05) is 0 Å². The van der Waals surface area contributed by atoms with Crippen molar-refractivity contribution in [3.05, 3.63) is 56.7 Å². The molecule has 1 nitrogen and oxygen atoms in total. The molecule has 0 atom stereocenters. The minimum absolute atomic E-state index is 0.0570. The maximum atomic E-state index is 13.4. The smallest absolute Gasteiger partial charge is 0.170 e. The summed E-state index contributed by atoms with van der Waals surface area (Å²) in [4.78, 5) is 11.8. The molecule has 1 aromatic carbocycles. The highest BCUT2D eigenvalue weighted by molar-refractivity contribution is 7.08. The van der Waals surface area contributed by atoms with E-state index >= 15 is 0 Å². The summed E-state index contributed by atoms with van der Waals surface area (Å²) >= 11 is 6.85. The fraction of sp³-hybridized carbons (Fsp3) is 0.0833. The Bertz CT molecular complexity index is 552. The minimum atomic E-state index is -0.795. The molecule has 0 bridgehead atoms. The van der Waals surface area contributed by atoms with Gasteiger partial charge in [-0.15, -0.1) is 0 Å². The average Bonchev–Trinajstić information content (AvgIpc) is 2.76. The van der Waals surface area contributed by atoms with Gasteiger partial charge in [-0.3, -0.25) is 4.79 Å². The molecular formula is C12H7ClF2OS. The number of thiophene rings is 1. The molecule has 2 aromatic rings. The number of carbonyl (C=O) groups is 1. The highest BCUT2D eigenvalue weighted by atomic mass is 35.5. The third-order valence-electron chi connectivity index (χ3n) is 2.26. The standard InChI is InChI=1S/C12H7ClF2OS/c13-9-5-10(14)8(4-11(9)15)12(16)3-7-1-2-17-6-7/h1-2,4-6H,3H2. The van der Waals surface area contributed by atoms with Crippen LogP contribution < -0.4 is 0 Å². The van der Waals surface area contributed by atoms with E-state index in [9.17, 15) is 13.6 Å². The predicted molar refractivity (Wildman–Crippen MR) is 63.7 cm³/mol. The van der Waals surface area contributed by atoms with E-state index in [1.54, 1.807) is 11.4 Å². The van der Waals surface area contributed by atoms with Crippen molar-refractivity contribution in [2.45, 2.75) is 6.42 Å². The number of hydrogen-bond donors (Lipinski definition) is 0. The normalized spacial score (nSPS) is 10.5. The van der Waals surface area contributed by atoms with Crippen molar-refractivity contribution in [1.82, 2.24) is 0 Å². The molecule has 0 saturated heterocycles. The van der Waals surface area contributed by atoms with Crippen LogP contribution in [0.15, 0.2) is 29.0 Å². The average molecular weight is 273 g/mol. The van der Waals surface area contributed by atoms with E-state index in [1.165, 1.54) is 11.3 Å². The van der Waals surface area contributed by atoms with Crippen LogP contribution in [-0.2, 0) is 6.42 Å². The Balaban J connectivity index is 2.28. The van der Waals surface area contributed by atoms with Gasteiger partial charge < -0.3 is 0 Å². The van der Waals surface area contributed by atoms with E-state index in [1.807, 2.05) is 5.38 Å². The summed E-state index contributed by atoms with van der Waals surface area (Å²) < 4.78 is 26.6. The van der Waals surface area contributed by atoms with E-state index in [0.29, 0.717) is 0 Å². The summed E-state index contributed by atoms with van der Waals surface area (Å²) in [5.74, 6) is -2.05. The second kappa shape index (κ2) is 4.94. The van der Waals surface area contributed by atoms with Gasteiger partial charge in [0.1, 0.15) is 11.6 Å². The highest BCUT2D eigenvalue weighted by Gasteiger charge is 2.15. The van der Waals surface area contributed by atoms with Crippen LogP contribution in [0.3, 0.4) is 0 Å². The van der Waals surface area contributed by atoms with Crippen LogP contribution in [0.5, 0.6) is 0 Å². The largest absolute Gasteiger partial charge is 0.294 e. The number of carbonyl (C=O) groups excluding carboxylic acids is 1. The van der Waals surface area contributed by atoms with Crippen molar-refractivity contribution < 1.29 is 13.6 Å². The lowest BCUT2D eigenvalue weighted by atomic mass is 10.0. The lowest BCUT2D eigenvalue weighted by Crippen LogP contribution is -2.06. The van der Waals surface area contributed by atoms with Crippen molar-refractivity contribution in [1.29, 1.82) is 0 Å². The number of halogens is 3. The zero-order valence-corrected chi connectivity index (χ0v) is 10.1. The summed E-state index contributed by atoms with van der Waals surface area (Å²) in [6, 6.07) is 3.43. The monoisotopic (exact) mass is 272 g/mol. The third-order valence-corrected chi connectivity index (χ3v) is 3.28. The Morgan fingerprint density at radius 3 is 2.71 bits per heavy atom. The highest BCUT2D eigenvalue weighted by Crippen LogP contribution is 2.21. The van der Waals surface area contributed by atoms with E-state index in [2.05, 4.69) is 0 Å². The van der Waals surface area contributed by atoms with Crippen LogP contribution in [0, 0.1) is 11.6 Å². The first-order valence-corrected chi connectivity index (χ1v) is 6.09. The quantitative estimate of drug-likeness (QED) is 0.607. The Kier molecular flexibility index (Phi) is 3.54. The molecule has 0 unspecified atom stereocenters. The molecule has 0 aliphatic rings. The topological polar surface area (TPSA) is 17.1 Å². The van der Waals surface area contributed by atoms with Crippen molar-refractivity contribution in [2.24, 2.45) is 0 Å². The number of benzene rings is 1. The van der Waals surface area contributed by atoms with Crippen LogP contribution >= 0.6 is 22.9 Å². The first kappa shape index (κ1) is 12.2. The van der Waals surface area contributed by atoms with Crippen molar-refractivity contribution in [3.63, 3.8) is 0 Å². The van der Waals surface area contributed by atoms with Crippen LogP contribution in [0.2, 0.25) is 5.02 Å². The molecule has 0 N–H and O–H groups in total. The predicted octanol–water partition coefficient (Wildman–Crippen LogP) is 4.11. The minimum Gasteiger partial charge on any atom is -0.294 e. The van der Waals surface area contributed by atoms with E-state index in [-0.39, 0.29) is 17.0 Å². The fourth-order valence-electron chi connectivity index (χ4n) is 1.41. The van der Waals surface area contributed by atoms with E-state index in [0.717, 1.165) is 17.7 Å². The molecule has 1 heterocycles. The molecule has 17 heavy (non-hydrogen) atoms. The lowest BCUT2D eigenvalue weighted by molar-refractivity contribution is 0.0989. The molecule has 5 heteroatoms. The lowest BCUT2D eigenvalue weighted by Gasteiger charge is -2.03. The van der Waals surface area contributed by atoms with Crippen molar-refractivity contribution >= 4 is 28.7 Å². The Morgan fingerprint density at radius 1 is 1.29 bits per heavy atom. The number of Topliss-reactive ketones (excluding diaryl/α,β-unsaturated/α-hetero) is 1. The summed E-state index contributed by atoms with van der Waals surface area (Å²) in [6.07, 6.45) is 0.0570. The summed E-state index contributed by atoms with van der Waals surface area (Å²) in [5.41, 5.74) is 0.521. The Hall–Kier alpha value is -1.26.